The number of aromatic nitrogens is 2. The number of nitrogens with one attached hydrogen (secondary N) is 1. The van der Waals surface area contributed by atoms with Gasteiger partial charge in [-0.2, -0.15) is 0 Å². The highest BCUT2D eigenvalue weighted by Gasteiger charge is 2.41. The van der Waals surface area contributed by atoms with Crippen LogP contribution in [0.5, 0.6) is 0 Å². The summed E-state index contributed by atoms with van der Waals surface area (Å²) in [6.07, 6.45) is 5.33. The summed E-state index contributed by atoms with van der Waals surface area (Å²) in [4.78, 5) is 10.8. The molecule has 1 aromatic carbocycles. The Kier molecular flexibility index (Phi) is 5.83. The second-order valence-electron chi connectivity index (χ2n) is 7.41. The zero-order valence-corrected chi connectivity index (χ0v) is 19.1. The van der Waals surface area contributed by atoms with Crippen LogP contribution >= 0.6 is 35.4 Å². The smallest absolute Gasteiger partial charge is 0.170 e. The van der Waals surface area contributed by atoms with Crippen molar-refractivity contribution in [3.8, 4) is 11.3 Å². The number of hydrogen-bond donors (Lipinski definition) is 1. The normalized spacial score (nSPS) is 18.1. The van der Waals surface area contributed by atoms with E-state index >= 15 is 0 Å². The third-order valence-electron chi connectivity index (χ3n) is 5.44. The Bertz CT molecular complexity index is 1250. The summed E-state index contributed by atoms with van der Waals surface area (Å²) in [6.45, 7) is 0.607. The van der Waals surface area contributed by atoms with Gasteiger partial charge < -0.3 is 14.6 Å². The highest BCUT2D eigenvalue weighted by Crippen LogP contribution is 2.42. The van der Waals surface area contributed by atoms with Crippen LogP contribution in [0.25, 0.3) is 11.3 Å². The predicted octanol–water partition coefficient (Wildman–Crippen LogP) is 6.22. The van der Waals surface area contributed by atoms with Crippen LogP contribution in [0.15, 0.2) is 83.7 Å². The Morgan fingerprint density at radius 2 is 1.81 bits per heavy atom. The average molecular weight is 481 g/mol. The molecular weight excluding hydrogens is 463 g/mol. The molecule has 4 aromatic rings. The molecule has 1 aliphatic heterocycles. The number of furan rings is 1. The third kappa shape index (κ3) is 3.97. The maximum Gasteiger partial charge on any atom is 0.170 e. The van der Waals surface area contributed by atoms with Gasteiger partial charge in [0.1, 0.15) is 17.6 Å². The van der Waals surface area contributed by atoms with Gasteiger partial charge in [-0.15, -0.1) is 0 Å². The molecule has 0 aliphatic carbocycles. The van der Waals surface area contributed by atoms with E-state index in [0.29, 0.717) is 27.5 Å². The van der Waals surface area contributed by atoms with Gasteiger partial charge in [0, 0.05) is 30.7 Å². The highest BCUT2D eigenvalue weighted by molar-refractivity contribution is 7.80. The molecule has 5 nitrogen and oxygen atoms in total. The van der Waals surface area contributed by atoms with E-state index in [9.17, 15) is 0 Å². The van der Waals surface area contributed by atoms with E-state index in [4.69, 9.17) is 39.8 Å². The van der Waals surface area contributed by atoms with Gasteiger partial charge in [0.2, 0.25) is 0 Å². The number of nitrogens with zero attached hydrogens (tertiary/aromatic N) is 3. The summed E-state index contributed by atoms with van der Waals surface area (Å²) in [6, 6.07) is 18.8. The van der Waals surface area contributed by atoms with Crippen molar-refractivity contribution >= 4 is 40.5 Å². The minimum Gasteiger partial charge on any atom is -0.459 e. The second kappa shape index (κ2) is 8.90. The molecule has 0 radical (unpaired) electrons. The molecule has 8 heteroatoms. The Hall–Kier alpha value is -2.93. The highest BCUT2D eigenvalue weighted by atomic mass is 35.5. The first-order chi connectivity index (χ1) is 15.6. The Morgan fingerprint density at radius 3 is 2.59 bits per heavy atom. The summed E-state index contributed by atoms with van der Waals surface area (Å²) in [5, 5.41) is 5.02. The van der Waals surface area contributed by atoms with Crippen LogP contribution in [-0.4, -0.2) is 20.0 Å². The molecule has 0 bridgehead atoms. The first-order valence-corrected chi connectivity index (χ1v) is 11.2. The lowest BCUT2D eigenvalue weighted by molar-refractivity contribution is 0.269. The average Bonchev–Trinajstić information content (AvgIpc) is 3.42. The molecule has 1 aliphatic rings. The summed E-state index contributed by atoms with van der Waals surface area (Å²) < 4.78 is 6.33. The molecule has 32 heavy (non-hydrogen) atoms. The van der Waals surface area contributed by atoms with E-state index in [1.165, 1.54) is 0 Å². The lowest BCUT2D eigenvalue weighted by Gasteiger charge is -2.26. The van der Waals surface area contributed by atoms with Crippen molar-refractivity contribution in [2.24, 2.45) is 0 Å². The standard InChI is InChI=1S/C24H18Cl2N4OS/c25-17-5-3-4-16(21(17)26)19-7-8-20(31-19)23-22(18-6-1-2-11-28-18)29-24(32)30(23)14-15-9-12-27-13-10-15/h1-13,22-23H,14H2,(H,29,32). The van der Waals surface area contributed by atoms with E-state index in [1.54, 1.807) is 24.7 Å². The zero-order valence-electron chi connectivity index (χ0n) is 16.8. The maximum atomic E-state index is 6.43. The molecule has 0 saturated carbocycles. The minimum atomic E-state index is -0.197. The lowest BCUT2D eigenvalue weighted by Crippen LogP contribution is -2.29. The van der Waals surface area contributed by atoms with Gasteiger partial charge in [0.05, 0.1) is 21.8 Å². The van der Waals surface area contributed by atoms with E-state index < -0.39 is 0 Å². The molecule has 4 heterocycles. The monoisotopic (exact) mass is 480 g/mol. The summed E-state index contributed by atoms with van der Waals surface area (Å²) in [5.41, 5.74) is 2.73. The largest absolute Gasteiger partial charge is 0.459 e. The first-order valence-electron chi connectivity index (χ1n) is 10.0. The molecule has 1 fully saturated rings. The van der Waals surface area contributed by atoms with E-state index in [-0.39, 0.29) is 12.1 Å². The third-order valence-corrected chi connectivity index (χ3v) is 6.61. The van der Waals surface area contributed by atoms with Gasteiger partial charge >= 0.3 is 0 Å². The number of thiocarbonyl (C=S) groups is 1. The van der Waals surface area contributed by atoms with Gasteiger partial charge in [-0.25, -0.2) is 0 Å². The van der Waals surface area contributed by atoms with Crippen molar-refractivity contribution in [1.29, 1.82) is 0 Å². The Balaban J connectivity index is 1.56. The predicted molar refractivity (Wildman–Crippen MR) is 129 cm³/mol. The molecule has 1 N–H and O–H groups in total. The molecule has 2 unspecified atom stereocenters. The van der Waals surface area contributed by atoms with Crippen molar-refractivity contribution in [3.05, 3.63) is 106 Å². The topological polar surface area (TPSA) is 54.2 Å². The molecule has 3 aromatic heterocycles. The van der Waals surface area contributed by atoms with Crippen molar-refractivity contribution in [2.45, 2.75) is 18.6 Å². The summed E-state index contributed by atoms with van der Waals surface area (Å²) >= 11 is 18.4. The van der Waals surface area contributed by atoms with Gasteiger partial charge in [0.15, 0.2) is 5.11 Å². The van der Waals surface area contributed by atoms with E-state index in [0.717, 1.165) is 22.6 Å². The first kappa shape index (κ1) is 20.9. The van der Waals surface area contributed by atoms with Crippen LogP contribution in [0.4, 0.5) is 0 Å². The summed E-state index contributed by atoms with van der Waals surface area (Å²) in [7, 11) is 0. The van der Waals surface area contributed by atoms with Crippen molar-refractivity contribution in [3.63, 3.8) is 0 Å². The molecule has 5 rings (SSSR count). The summed E-state index contributed by atoms with van der Waals surface area (Å²) in [5.74, 6) is 1.40. The molecule has 1 saturated heterocycles. The van der Waals surface area contributed by atoms with Gasteiger partial charge in [-0.05, 0) is 66.3 Å². The molecule has 0 amide bonds. The number of rotatable bonds is 5. The van der Waals surface area contributed by atoms with Crippen LogP contribution in [0.3, 0.4) is 0 Å². The Labute approximate surface area is 201 Å². The van der Waals surface area contributed by atoms with E-state index in [1.807, 2.05) is 54.6 Å². The molecule has 2 atom stereocenters. The van der Waals surface area contributed by atoms with Crippen LogP contribution in [0.2, 0.25) is 10.0 Å². The van der Waals surface area contributed by atoms with Crippen LogP contribution < -0.4 is 5.32 Å². The van der Waals surface area contributed by atoms with Crippen LogP contribution in [0, 0.1) is 0 Å². The van der Waals surface area contributed by atoms with E-state index in [2.05, 4.69) is 20.2 Å². The van der Waals surface area contributed by atoms with Crippen LogP contribution in [0.1, 0.15) is 29.1 Å². The van der Waals surface area contributed by atoms with Crippen molar-refractivity contribution in [2.75, 3.05) is 0 Å². The van der Waals surface area contributed by atoms with Crippen molar-refractivity contribution < 1.29 is 4.42 Å². The number of hydrogen-bond acceptors (Lipinski definition) is 4. The Morgan fingerprint density at radius 1 is 0.969 bits per heavy atom. The SMILES string of the molecule is S=C1NC(c2ccccn2)C(c2ccc(-c3cccc(Cl)c3Cl)o2)N1Cc1ccncc1. The van der Waals surface area contributed by atoms with Crippen molar-refractivity contribution in [1.82, 2.24) is 20.2 Å². The molecular formula is C24H18Cl2N4OS. The fourth-order valence-corrected chi connectivity index (χ4v) is 4.62. The number of pyridine rings is 2. The number of halogens is 2. The molecule has 160 valence electrons. The molecule has 0 spiro atoms. The lowest BCUT2D eigenvalue weighted by atomic mass is 10.0. The second-order valence-corrected chi connectivity index (χ2v) is 8.59. The van der Waals surface area contributed by atoms with Gasteiger partial charge in [-0.1, -0.05) is 35.3 Å². The fourth-order valence-electron chi connectivity index (χ4n) is 3.92. The number of benzene rings is 1. The minimum absolute atomic E-state index is 0.167. The van der Waals surface area contributed by atoms with Gasteiger partial charge in [0.25, 0.3) is 0 Å². The van der Waals surface area contributed by atoms with Gasteiger partial charge in [-0.3, -0.25) is 9.97 Å². The van der Waals surface area contributed by atoms with Crippen LogP contribution in [-0.2, 0) is 6.54 Å². The quantitative estimate of drug-likeness (QED) is 0.342. The zero-order chi connectivity index (χ0) is 22.1. The fraction of sp³-hybridized carbons (Fsp3) is 0.125. The maximum absolute atomic E-state index is 6.43.